The van der Waals surface area contributed by atoms with Crippen LogP contribution in [0.3, 0.4) is 0 Å². The van der Waals surface area contributed by atoms with Crippen molar-refractivity contribution in [3.63, 3.8) is 0 Å². The Morgan fingerprint density at radius 1 is 1.16 bits per heavy atom. The van der Waals surface area contributed by atoms with Crippen molar-refractivity contribution in [1.82, 2.24) is 9.80 Å². The summed E-state index contributed by atoms with van der Waals surface area (Å²) < 4.78 is 12.6. The van der Waals surface area contributed by atoms with Gasteiger partial charge in [0.15, 0.2) is 0 Å². The first-order valence-corrected chi connectivity index (χ1v) is 9.68. The zero-order chi connectivity index (χ0) is 18.4. The van der Waals surface area contributed by atoms with E-state index in [9.17, 15) is 4.79 Å². The van der Waals surface area contributed by atoms with E-state index in [1.807, 2.05) is 45.0 Å². The Morgan fingerprint density at radius 2 is 1.76 bits per heavy atom. The van der Waals surface area contributed by atoms with Crippen molar-refractivity contribution in [2.75, 3.05) is 32.7 Å². The maximum Gasteiger partial charge on any atom is 0.410 e. The van der Waals surface area contributed by atoms with Crippen LogP contribution in [-0.2, 0) is 4.74 Å². The molecule has 0 spiro atoms. The summed E-state index contributed by atoms with van der Waals surface area (Å²) in [4.78, 5) is 16.3. The van der Waals surface area contributed by atoms with Gasteiger partial charge in [0.1, 0.15) is 17.5 Å². The number of piperazine rings is 1. The van der Waals surface area contributed by atoms with Crippen LogP contribution in [0.25, 0.3) is 0 Å². The molecule has 1 aromatic rings. The molecule has 0 radical (unpaired) electrons. The Labute approximate surface area is 159 Å². The molecule has 0 saturated carbocycles. The largest absolute Gasteiger partial charge is 0.489 e. The first-order valence-electron chi connectivity index (χ1n) is 8.89. The minimum atomic E-state index is -0.444. The molecule has 0 aromatic heterocycles. The van der Waals surface area contributed by atoms with Gasteiger partial charge in [-0.2, -0.15) is 0 Å². The molecule has 25 heavy (non-hydrogen) atoms. The number of rotatable bonds is 5. The molecule has 140 valence electrons. The van der Waals surface area contributed by atoms with Crippen molar-refractivity contribution < 1.29 is 14.3 Å². The Hall–Kier alpha value is -1.27. The highest BCUT2D eigenvalue weighted by Gasteiger charge is 2.26. The van der Waals surface area contributed by atoms with Gasteiger partial charge >= 0.3 is 6.09 Å². The number of halogens is 1. The highest BCUT2D eigenvalue weighted by molar-refractivity contribution is 9.10. The topological polar surface area (TPSA) is 42.0 Å². The number of hydrogen-bond donors (Lipinski definition) is 0. The van der Waals surface area contributed by atoms with Crippen molar-refractivity contribution in [2.24, 2.45) is 0 Å². The molecule has 1 saturated heterocycles. The van der Waals surface area contributed by atoms with Crippen LogP contribution in [0.2, 0.25) is 0 Å². The number of amides is 1. The Balaban J connectivity index is 1.79. The van der Waals surface area contributed by atoms with E-state index in [2.05, 4.69) is 27.8 Å². The second kappa shape index (κ2) is 8.90. The van der Waals surface area contributed by atoms with Crippen LogP contribution >= 0.6 is 15.9 Å². The van der Waals surface area contributed by atoms with Gasteiger partial charge in [-0.05, 0) is 51.5 Å². The van der Waals surface area contributed by atoms with Gasteiger partial charge in [0.25, 0.3) is 0 Å². The standard InChI is InChI=1S/C19H29BrN2O3/c1-5-16(24-17-8-6-15(20)7-9-17)14-21-10-12-22(13-11-21)18(23)25-19(2,3)4/h6-9,16H,5,10-14H2,1-4H3. The third-order valence-corrected chi connectivity index (χ3v) is 4.59. The molecule has 0 aliphatic carbocycles. The summed E-state index contributed by atoms with van der Waals surface area (Å²) in [5.41, 5.74) is -0.444. The van der Waals surface area contributed by atoms with Crippen LogP contribution in [0.15, 0.2) is 28.7 Å². The van der Waals surface area contributed by atoms with E-state index in [1.165, 1.54) is 0 Å². The summed E-state index contributed by atoms with van der Waals surface area (Å²) in [5, 5.41) is 0. The lowest BCUT2D eigenvalue weighted by Gasteiger charge is -2.36. The molecule has 1 aliphatic heterocycles. The summed E-state index contributed by atoms with van der Waals surface area (Å²) in [6.07, 6.45) is 0.877. The Bertz CT molecular complexity index is 549. The van der Waals surface area contributed by atoms with E-state index in [1.54, 1.807) is 4.90 Å². The fourth-order valence-corrected chi connectivity index (χ4v) is 2.95. The quantitative estimate of drug-likeness (QED) is 0.727. The summed E-state index contributed by atoms with van der Waals surface area (Å²) in [6.45, 7) is 11.8. The molecule has 2 rings (SSSR count). The van der Waals surface area contributed by atoms with E-state index in [0.717, 1.165) is 36.3 Å². The first-order chi connectivity index (χ1) is 11.8. The predicted octanol–water partition coefficient (Wildman–Crippen LogP) is 4.16. The Morgan fingerprint density at radius 3 is 2.28 bits per heavy atom. The summed E-state index contributed by atoms with van der Waals surface area (Å²) >= 11 is 3.44. The molecule has 1 fully saturated rings. The van der Waals surface area contributed by atoms with Crippen molar-refractivity contribution >= 4 is 22.0 Å². The van der Waals surface area contributed by atoms with Crippen molar-refractivity contribution in [2.45, 2.75) is 45.8 Å². The van der Waals surface area contributed by atoms with Gasteiger partial charge in [0.05, 0.1) is 0 Å². The van der Waals surface area contributed by atoms with E-state index in [4.69, 9.17) is 9.47 Å². The SMILES string of the molecule is CCC(CN1CCN(C(=O)OC(C)(C)C)CC1)Oc1ccc(Br)cc1. The Kier molecular flexibility index (Phi) is 7.14. The monoisotopic (exact) mass is 412 g/mol. The van der Waals surface area contributed by atoms with E-state index >= 15 is 0 Å². The zero-order valence-corrected chi connectivity index (χ0v) is 17.2. The van der Waals surface area contributed by atoms with Gasteiger partial charge in [0.2, 0.25) is 0 Å². The second-order valence-electron chi connectivity index (χ2n) is 7.37. The van der Waals surface area contributed by atoms with Crippen LogP contribution in [-0.4, -0.2) is 60.3 Å². The predicted molar refractivity (Wildman–Crippen MR) is 103 cm³/mol. The van der Waals surface area contributed by atoms with Gasteiger partial charge in [-0.1, -0.05) is 22.9 Å². The molecule has 1 aliphatic rings. The van der Waals surface area contributed by atoms with Crippen LogP contribution in [0, 0.1) is 0 Å². The minimum Gasteiger partial charge on any atom is -0.489 e. The van der Waals surface area contributed by atoms with Gasteiger partial charge in [0, 0.05) is 37.2 Å². The first kappa shape index (κ1) is 20.0. The van der Waals surface area contributed by atoms with Crippen molar-refractivity contribution in [1.29, 1.82) is 0 Å². The summed E-state index contributed by atoms with van der Waals surface area (Å²) in [7, 11) is 0. The van der Waals surface area contributed by atoms with Crippen LogP contribution in [0.1, 0.15) is 34.1 Å². The zero-order valence-electron chi connectivity index (χ0n) is 15.6. The molecular weight excluding hydrogens is 384 g/mol. The van der Waals surface area contributed by atoms with Gasteiger partial charge in [-0.15, -0.1) is 0 Å². The molecule has 1 atom stereocenters. The summed E-state index contributed by atoms with van der Waals surface area (Å²) in [5.74, 6) is 0.891. The molecule has 0 N–H and O–H groups in total. The highest BCUT2D eigenvalue weighted by Crippen LogP contribution is 2.19. The number of ether oxygens (including phenoxy) is 2. The average Bonchev–Trinajstić information content (AvgIpc) is 2.55. The fourth-order valence-electron chi connectivity index (χ4n) is 2.68. The summed E-state index contributed by atoms with van der Waals surface area (Å²) in [6, 6.07) is 7.93. The van der Waals surface area contributed by atoms with Gasteiger partial charge in [-0.3, -0.25) is 4.90 Å². The molecule has 6 heteroatoms. The minimum absolute atomic E-state index is 0.147. The van der Waals surface area contributed by atoms with E-state index in [0.29, 0.717) is 13.1 Å². The molecule has 1 amide bonds. The van der Waals surface area contributed by atoms with Gasteiger partial charge < -0.3 is 14.4 Å². The van der Waals surface area contributed by atoms with Crippen LogP contribution in [0.4, 0.5) is 4.79 Å². The van der Waals surface area contributed by atoms with E-state index < -0.39 is 5.60 Å². The fraction of sp³-hybridized carbons (Fsp3) is 0.632. The molecule has 0 bridgehead atoms. The molecular formula is C19H29BrN2O3. The van der Waals surface area contributed by atoms with Crippen molar-refractivity contribution in [3.8, 4) is 5.75 Å². The number of hydrogen-bond acceptors (Lipinski definition) is 4. The lowest BCUT2D eigenvalue weighted by atomic mass is 10.2. The molecule has 1 aromatic carbocycles. The lowest BCUT2D eigenvalue weighted by molar-refractivity contribution is 0.0111. The number of carbonyl (C=O) groups excluding carboxylic acids is 1. The number of carbonyl (C=O) groups is 1. The lowest BCUT2D eigenvalue weighted by Crippen LogP contribution is -2.51. The third-order valence-electron chi connectivity index (χ3n) is 4.06. The third kappa shape index (κ3) is 6.86. The smallest absolute Gasteiger partial charge is 0.410 e. The number of benzene rings is 1. The molecule has 1 unspecified atom stereocenters. The molecule has 5 nitrogen and oxygen atoms in total. The normalized spacial score (nSPS) is 17.2. The average molecular weight is 413 g/mol. The van der Waals surface area contributed by atoms with Gasteiger partial charge in [-0.25, -0.2) is 4.79 Å². The maximum absolute atomic E-state index is 12.1. The van der Waals surface area contributed by atoms with Crippen LogP contribution < -0.4 is 4.74 Å². The maximum atomic E-state index is 12.1. The van der Waals surface area contributed by atoms with Crippen molar-refractivity contribution in [3.05, 3.63) is 28.7 Å². The van der Waals surface area contributed by atoms with Crippen LogP contribution in [0.5, 0.6) is 5.75 Å². The highest BCUT2D eigenvalue weighted by atomic mass is 79.9. The molecule has 1 heterocycles. The number of nitrogens with zero attached hydrogens (tertiary/aromatic N) is 2. The van der Waals surface area contributed by atoms with E-state index in [-0.39, 0.29) is 12.2 Å². The second-order valence-corrected chi connectivity index (χ2v) is 8.29.